The molecule has 0 aromatic heterocycles. The molecule has 25 heavy (non-hydrogen) atoms. The van der Waals surface area contributed by atoms with E-state index in [1.54, 1.807) is 23.9 Å². The fourth-order valence-electron chi connectivity index (χ4n) is 2.51. The first-order valence-electron chi connectivity index (χ1n) is 7.84. The van der Waals surface area contributed by atoms with Crippen molar-refractivity contribution in [3.8, 4) is 5.75 Å². The molecule has 5 nitrogen and oxygen atoms in total. The standard InChI is InChI=1S/C19H18N2O3S/c1-2-11-25-17-10-6-3-7-14(17)20-18(22)12-21-15-8-4-5-9-16(15)24-13-19(21)23/h2-10H,1,11-13H2,(H,20,22). The average Bonchev–Trinajstić information content (AvgIpc) is 2.63. The third kappa shape index (κ3) is 4.03. The van der Waals surface area contributed by atoms with Gasteiger partial charge in [0.2, 0.25) is 5.91 Å². The number of amides is 2. The predicted molar refractivity (Wildman–Crippen MR) is 100 cm³/mol. The molecule has 0 spiro atoms. The molecule has 0 unspecified atom stereocenters. The Hall–Kier alpha value is -2.73. The van der Waals surface area contributed by atoms with Crippen molar-refractivity contribution in [1.29, 1.82) is 0 Å². The van der Waals surface area contributed by atoms with Gasteiger partial charge in [0, 0.05) is 10.6 Å². The Morgan fingerprint density at radius 1 is 1.24 bits per heavy atom. The minimum atomic E-state index is -0.253. The van der Waals surface area contributed by atoms with Crippen LogP contribution in [0, 0.1) is 0 Å². The zero-order chi connectivity index (χ0) is 17.6. The van der Waals surface area contributed by atoms with Crippen LogP contribution in [-0.4, -0.2) is 30.7 Å². The van der Waals surface area contributed by atoms with Crippen LogP contribution in [-0.2, 0) is 9.59 Å². The summed E-state index contributed by atoms with van der Waals surface area (Å²) in [4.78, 5) is 27.1. The summed E-state index contributed by atoms with van der Waals surface area (Å²) in [6, 6.07) is 14.8. The highest BCUT2D eigenvalue weighted by molar-refractivity contribution is 7.99. The Morgan fingerprint density at radius 2 is 2.00 bits per heavy atom. The zero-order valence-electron chi connectivity index (χ0n) is 13.6. The molecule has 0 saturated carbocycles. The number of thioether (sulfide) groups is 1. The summed E-state index contributed by atoms with van der Waals surface area (Å²) in [5.74, 6) is 0.874. The molecule has 0 atom stereocenters. The van der Waals surface area contributed by atoms with Gasteiger partial charge in [-0.2, -0.15) is 0 Å². The second kappa shape index (κ2) is 7.90. The number of para-hydroxylation sites is 3. The molecule has 128 valence electrons. The van der Waals surface area contributed by atoms with Crippen LogP contribution in [0.25, 0.3) is 0 Å². The maximum atomic E-state index is 12.5. The normalized spacial score (nSPS) is 13.0. The van der Waals surface area contributed by atoms with Crippen molar-refractivity contribution >= 4 is 35.0 Å². The van der Waals surface area contributed by atoms with Gasteiger partial charge in [0.1, 0.15) is 12.3 Å². The summed E-state index contributed by atoms with van der Waals surface area (Å²) in [5, 5.41) is 2.89. The summed E-state index contributed by atoms with van der Waals surface area (Å²) < 4.78 is 5.39. The van der Waals surface area contributed by atoms with Crippen LogP contribution in [0.4, 0.5) is 11.4 Å². The van der Waals surface area contributed by atoms with E-state index in [0.717, 1.165) is 16.3 Å². The lowest BCUT2D eigenvalue weighted by Gasteiger charge is -2.28. The number of nitrogens with one attached hydrogen (secondary N) is 1. The van der Waals surface area contributed by atoms with Crippen molar-refractivity contribution < 1.29 is 14.3 Å². The SMILES string of the molecule is C=CCSc1ccccc1NC(=O)CN1C(=O)COc2ccccc21. The van der Waals surface area contributed by atoms with Crippen molar-refractivity contribution in [1.82, 2.24) is 0 Å². The largest absolute Gasteiger partial charge is 0.482 e. The molecule has 2 aromatic carbocycles. The van der Waals surface area contributed by atoms with Crippen molar-refractivity contribution in [3.63, 3.8) is 0 Å². The van der Waals surface area contributed by atoms with Gasteiger partial charge in [-0.1, -0.05) is 30.3 Å². The maximum Gasteiger partial charge on any atom is 0.265 e. The van der Waals surface area contributed by atoms with Crippen molar-refractivity contribution in [3.05, 3.63) is 61.2 Å². The van der Waals surface area contributed by atoms with E-state index in [-0.39, 0.29) is 25.0 Å². The van der Waals surface area contributed by atoms with Crippen LogP contribution >= 0.6 is 11.8 Å². The fourth-order valence-corrected chi connectivity index (χ4v) is 3.25. The van der Waals surface area contributed by atoms with E-state index in [4.69, 9.17) is 4.74 Å². The molecular formula is C19H18N2O3S. The first kappa shape index (κ1) is 17.1. The van der Waals surface area contributed by atoms with E-state index in [0.29, 0.717) is 11.4 Å². The Balaban J connectivity index is 1.73. The topological polar surface area (TPSA) is 58.6 Å². The lowest BCUT2D eigenvalue weighted by molar-refractivity contribution is -0.123. The monoisotopic (exact) mass is 354 g/mol. The molecule has 2 amide bonds. The molecule has 0 bridgehead atoms. The van der Waals surface area contributed by atoms with Crippen LogP contribution in [0.15, 0.2) is 66.1 Å². The smallest absolute Gasteiger partial charge is 0.265 e. The number of nitrogens with zero attached hydrogens (tertiary/aromatic N) is 1. The average molecular weight is 354 g/mol. The quantitative estimate of drug-likeness (QED) is 0.639. The van der Waals surface area contributed by atoms with Gasteiger partial charge in [0.25, 0.3) is 5.91 Å². The highest BCUT2D eigenvalue weighted by Gasteiger charge is 2.27. The van der Waals surface area contributed by atoms with Crippen molar-refractivity contribution in [2.45, 2.75) is 4.90 Å². The predicted octanol–water partition coefficient (Wildman–Crippen LogP) is 3.33. The Morgan fingerprint density at radius 3 is 2.84 bits per heavy atom. The third-order valence-corrected chi connectivity index (χ3v) is 4.70. The van der Waals surface area contributed by atoms with E-state index in [1.807, 2.05) is 42.5 Å². The van der Waals surface area contributed by atoms with Crippen LogP contribution < -0.4 is 15.0 Å². The van der Waals surface area contributed by atoms with Crippen molar-refractivity contribution in [2.24, 2.45) is 0 Å². The molecule has 1 heterocycles. The zero-order valence-corrected chi connectivity index (χ0v) is 14.4. The van der Waals surface area contributed by atoms with E-state index in [9.17, 15) is 9.59 Å². The molecule has 1 aliphatic rings. The molecule has 0 saturated heterocycles. The van der Waals surface area contributed by atoms with Gasteiger partial charge in [0.15, 0.2) is 6.61 Å². The van der Waals surface area contributed by atoms with Gasteiger partial charge in [-0.25, -0.2) is 0 Å². The van der Waals surface area contributed by atoms with Gasteiger partial charge < -0.3 is 10.1 Å². The van der Waals surface area contributed by atoms with Gasteiger partial charge >= 0.3 is 0 Å². The van der Waals surface area contributed by atoms with Gasteiger partial charge in [-0.05, 0) is 24.3 Å². The first-order chi connectivity index (χ1) is 12.2. The molecule has 0 fully saturated rings. The van der Waals surface area contributed by atoms with E-state index in [1.165, 1.54) is 4.90 Å². The number of hydrogen-bond donors (Lipinski definition) is 1. The Labute approximate surface area is 150 Å². The number of fused-ring (bicyclic) bond motifs is 1. The molecule has 3 rings (SSSR count). The molecule has 1 N–H and O–H groups in total. The number of ether oxygens (including phenoxy) is 1. The van der Waals surface area contributed by atoms with Crippen LogP contribution in [0.3, 0.4) is 0 Å². The number of carbonyl (C=O) groups excluding carboxylic acids is 2. The second-order valence-electron chi connectivity index (χ2n) is 5.38. The van der Waals surface area contributed by atoms with E-state index >= 15 is 0 Å². The number of benzene rings is 2. The molecule has 1 aliphatic heterocycles. The highest BCUT2D eigenvalue weighted by Crippen LogP contribution is 2.31. The van der Waals surface area contributed by atoms with E-state index in [2.05, 4.69) is 11.9 Å². The maximum absolute atomic E-state index is 12.5. The summed E-state index contributed by atoms with van der Waals surface area (Å²) >= 11 is 1.59. The number of carbonyl (C=O) groups is 2. The molecule has 0 aliphatic carbocycles. The highest BCUT2D eigenvalue weighted by atomic mass is 32.2. The minimum absolute atomic E-state index is 0.0559. The third-order valence-electron chi connectivity index (χ3n) is 3.63. The van der Waals surface area contributed by atoms with Gasteiger partial charge in [-0.15, -0.1) is 18.3 Å². The Bertz CT molecular complexity index is 807. The second-order valence-corrected chi connectivity index (χ2v) is 6.44. The number of anilines is 2. The van der Waals surface area contributed by atoms with Gasteiger partial charge in [0.05, 0.1) is 11.4 Å². The minimum Gasteiger partial charge on any atom is -0.482 e. The van der Waals surface area contributed by atoms with Crippen LogP contribution in [0.2, 0.25) is 0 Å². The molecule has 0 radical (unpaired) electrons. The number of hydrogen-bond acceptors (Lipinski definition) is 4. The summed E-state index contributed by atoms with van der Waals surface area (Å²) in [7, 11) is 0. The molecular weight excluding hydrogens is 336 g/mol. The lowest BCUT2D eigenvalue weighted by atomic mass is 10.2. The van der Waals surface area contributed by atoms with Crippen LogP contribution in [0.5, 0.6) is 5.75 Å². The van der Waals surface area contributed by atoms with Crippen molar-refractivity contribution in [2.75, 3.05) is 29.1 Å². The summed E-state index contributed by atoms with van der Waals surface area (Å²) in [6.07, 6.45) is 1.81. The summed E-state index contributed by atoms with van der Waals surface area (Å²) in [5.41, 5.74) is 1.34. The number of rotatable bonds is 6. The first-order valence-corrected chi connectivity index (χ1v) is 8.82. The molecule has 2 aromatic rings. The van der Waals surface area contributed by atoms with E-state index < -0.39 is 0 Å². The lowest BCUT2D eigenvalue weighted by Crippen LogP contribution is -2.43. The summed E-state index contributed by atoms with van der Waals surface area (Å²) in [6.45, 7) is 3.59. The van der Waals surface area contributed by atoms with Crippen LogP contribution in [0.1, 0.15) is 0 Å². The van der Waals surface area contributed by atoms with Gasteiger partial charge in [-0.3, -0.25) is 14.5 Å². The Kier molecular flexibility index (Phi) is 5.40. The fraction of sp³-hybridized carbons (Fsp3) is 0.158. The molecule has 6 heteroatoms.